The second-order valence-electron chi connectivity index (χ2n) is 15.3. The van der Waals surface area contributed by atoms with Crippen molar-refractivity contribution in [3.05, 3.63) is 212 Å². The predicted octanol–water partition coefficient (Wildman–Crippen LogP) is 16.2. The van der Waals surface area contributed by atoms with Crippen LogP contribution in [0.15, 0.2) is 217 Å². The number of benzene rings is 11. The largest absolute Gasteiger partial charge is 0.456 e. The van der Waals surface area contributed by atoms with Crippen LogP contribution < -0.4 is 4.90 Å². The topological polar surface area (TPSA) is 16.4 Å². The molecule has 0 aliphatic rings. The second-order valence-corrected chi connectivity index (χ2v) is 15.3. The molecule has 0 spiro atoms. The molecule has 0 aliphatic heterocycles. The van der Waals surface area contributed by atoms with E-state index in [-0.39, 0.29) is 0 Å². The van der Waals surface area contributed by atoms with Crippen LogP contribution in [-0.2, 0) is 0 Å². The third-order valence-corrected chi connectivity index (χ3v) is 12.0. The minimum absolute atomic E-state index is 0.860. The van der Waals surface area contributed by atoms with Crippen molar-refractivity contribution in [2.75, 3.05) is 4.90 Å². The Kier molecular flexibility index (Phi) is 7.26. The second kappa shape index (κ2) is 12.9. The van der Waals surface area contributed by atoms with Crippen molar-refractivity contribution < 1.29 is 4.42 Å². The highest BCUT2D eigenvalue weighted by molar-refractivity contribution is 6.16. The quantitative estimate of drug-likeness (QED) is 0.164. The van der Waals surface area contributed by atoms with Crippen molar-refractivity contribution in [3.63, 3.8) is 0 Å². The minimum atomic E-state index is 0.860. The highest BCUT2D eigenvalue weighted by atomic mass is 16.3. The van der Waals surface area contributed by atoms with E-state index in [1.54, 1.807) is 0 Å². The van der Waals surface area contributed by atoms with Gasteiger partial charge in [-0.15, -0.1) is 0 Å². The SMILES string of the molecule is c1ccc(-c2ccc(N(c3ccc4c(c3)oc3cc5ccccc5cc34)c3cc(-c4cc5ccccc5c5ccccc45)cc4ccccc34)c3ccccc23)cc1. The number of hydrogen-bond acceptors (Lipinski definition) is 2. The molecule has 0 unspecified atom stereocenters. The van der Waals surface area contributed by atoms with Crippen LogP contribution in [0.5, 0.6) is 0 Å². The van der Waals surface area contributed by atoms with Gasteiger partial charge in [-0.3, -0.25) is 0 Å². The Morgan fingerprint density at radius 3 is 1.64 bits per heavy atom. The lowest BCUT2D eigenvalue weighted by molar-refractivity contribution is 0.669. The molecule has 0 radical (unpaired) electrons. The molecule has 270 valence electrons. The molecule has 0 aliphatic carbocycles. The molecule has 2 nitrogen and oxygen atoms in total. The van der Waals surface area contributed by atoms with Crippen LogP contribution >= 0.6 is 0 Å². The summed E-state index contributed by atoms with van der Waals surface area (Å²) in [5, 5.41) is 14.3. The molecule has 0 saturated heterocycles. The van der Waals surface area contributed by atoms with Gasteiger partial charge in [0.15, 0.2) is 0 Å². The van der Waals surface area contributed by atoms with E-state index in [0.29, 0.717) is 0 Å². The van der Waals surface area contributed by atoms with E-state index in [0.717, 1.165) is 39.0 Å². The molecule has 58 heavy (non-hydrogen) atoms. The Morgan fingerprint density at radius 2 is 0.862 bits per heavy atom. The number of rotatable bonds is 5. The molecule has 1 aromatic heterocycles. The molecule has 12 aromatic rings. The molecule has 2 heteroatoms. The standard InChI is InChI=1S/C56H35NO/c1-2-14-36(15-3-1)44-28-29-53(49-25-13-12-23-47(44)49)57(42-26-27-50-52-31-37-16-4-5-17-38(37)34-55(52)58-56(50)35-42)54-33-41(30-39-18-7-9-21-45(39)54)51-32-40-19-6-8-20-43(40)46-22-10-11-24-48(46)51/h1-35H. The monoisotopic (exact) mass is 737 g/mol. The van der Waals surface area contributed by atoms with Gasteiger partial charge in [0.2, 0.25) is 0 Å². The first-order chi connectivity index (χ1) is 28.7. The maximum Gasteiger partial charge on any atom is 0.137 e. The number of hydrogen-bond donors (Lipinski definition) is 0. The van der Waals surface area contributed by atoms with Gasteiger partial charge in [-0.25, -0.2) is 0 Å². The molecule has 0 bridgehead atoms. The summed E-state index contributed by atoms with van der Waals surface area (Å²) in [6, 6.07) is 77.2. The molecule has 0 fully saturated rings. The predicted molar refractivity (Wildman–Crippen MR) is 247 cm³/mol. The van der Waals surface area contributed by atoms with E-state index >= 15 is 0 Å². The molecular formula is C56H35NO. The lowest BCUT2D eigenvalue weighted by Gasteiger charge is -2.29. The summed E-state index contributed by atoms with van der Waals surface area (Å²) in [6.07, 6.45) is 0. The Balaban J connectivity index is 1.16. The van der Waals surface area contributed by atoms with E-state index in [1.807, 2.05) is 0 Å². The zero-order chi connectivity index (χ0) is 38.2. The highest BCUT2D eigenvalue weighted by Crippen LogP contribution is 2.48. The average molecular weight is 738 g/mol. The number of nitrogens with zero attached hydrogens (tertiary/aromatic N) is 1. The summed E-state index contributed by atoms with van der Waals surface area (Å²) < 4.78 is 6.73. The first kappa shape index (κ1) is 32.6. The molecule has 1 heterocycles. The number of furan rings is 1. The van der Waals surface area contributed by atoms with E-state index in [1.165, 1.54) is 76.1 Å². The summed E-state index contributed by atoms with van der Waals surface area (Å²) in [6.45, 7) is 0. The maximum absolute atomic E-state index is 6.73. The Bertz CT molecular complexity index is 3580. The summed E-state index contributed by atoms with van der Waals surface area (Å²) in [7, 11) is 0. The van der Waals surface area contributed by atoms with Crippen molar-refractivity contribution in [1.82, 2.24) is 0 Å². The van der Waals surface area contributed by atoms with Crippen molar-refractivity contribution >= 4 is 92.9 Å². The third-order valence-electron chi connectivity index (χ3n) is 12.0. The molecule has 0 amide bonds. The fraction of sp³-hybridized carbons (Fsp3) is 0. The van der Waals surface area contributed by atoms with E-state index < -0.39 is 0 Å². The van der Waals surface area contributed by atoms with Crippen molar-refractivity contribution in [2.24, 2.45) is 0 Å². The lowest BCUT2D eigenvalue weighted by atomic mass is 9.91. The first-order valence-electron chi connectivity index (χ1n) is 19.9. The van der Waals surface area contributed by atoms with Crippen molar-refractivity contribution in [3.8, 4) is 22.3 Å². The summed E-state index contributed by atoms with van der Waals surface area (Å²) in [5.74, 6) is 0. The Morgan fingerprint density at radius 1 is 0.276 bits per heavy atom. The van der Waals surface area contributed by atoms with E-state index in [2.05, 4.69) is 217 Å². The lowest BCUT2D eigenvalue weighted by Crippen LogP contribution is -2.11. The molecule has 11 aromatic carbocycles. The molecule has 0 atom stereocenters. The van der Waals surface area contributed by atoms with Gasteiger partial charge < -0.3 is 9.32 Å². The normalized spacial score (nSPS) is 11.8. The van der Waals surface area contributed by atoms with Crippen LogP contribution in [0.4, 0.5) is 17.1 Å². The fourth-order valence-corrected chi connectivity index (χ4v) is 9.27. The van der Waals surface area contributed by atoms with Crippen LogP contribution in [0.3, 0.4) is 0 Å². The minimum Gasteiger partial charge on any atom is -0.456 e. The van der Waals surface area contributed by atoms with Gasteiger partial charge in [0, 0.05) is 33.3 Å². The van der Waals surface area contributed by atoms with Gasteiger partial charge in [0.25, 0.3) is 0 Å². The van der Waals surface area contributed by atoms with Gasteiger partial charge in [-0.1, -0.05) is 158 Å². The Hall–Kier alpha value is -7.68. The Labute approximate surface area is 335 Å². The van der Waals surface area contributed by atoms with Crippen LogP contribution in [-0.4, -0.2) is 0 Å². The number of anilines is 3. The zero-order valence-corrected chi connectivity index (χ0v) is 31.6. The van der Waals surface area contributed by atoms with E-state index in [9.17, 15) is 0 Å². The molecule has 0 N–H and O–H groups in total. The van der Waals surface area contributed by atoms with Crippen LogP contribution in [0.2, 0.25) is 0 Å². The summed E-state index contributed by atoms with van der Waals surface area (Å²) in [5.41, 5.74) is 9.77. The smallest absolute Gasteiger partial charge is 0.137 e. The van der Waals surface area contributed by atoms with Gasteiger partial charge in [-0.2, -0.15) is 0 Å². The van der Waals surface area contributed by atoms with Gasteiger partial charge in [0.1, 0.15) is 11.2 Å². The van der Waals surface area contributed by atoms with Crippen molar-refractivity contribution in [1.29, 1.82) is 0 Å². The maximum atomic E-state index is 6.73. The molecular weight excluding hydrogens is 703 g/mol. The average Bonchev–Trinajstić information content (AvgIpc) is 3.64. The zero-order valence-electron chi connectivity index (χ0n) is 31.6. The van der Waals surface area contributed by atoms with Crippen LogP contribution in [0.1, 0.15) is 0 Å². The van der Waals surface area contributed by atoms with Crippen molar-refractivity contribution in [2.45, 2.75) is 0 Å². The fourth-order valence-electron chi connectivity index (χ4n) is 9.27. The summed E-state index contributed by atoms with van der Waals surface area (Å²) >= 11 is 0. The third kappa shape index (κ3) is 5.12. The molecule has 0 saturated carbocycles. The van der Waals surface area contributed by atoms with Gasteiger partial charge in [-0.05, 0) is 114 Å². The first-order valence-corrected chi connectivity index (χ1v) is 19.9. The number of fused-ring (bicyclic) bond motifs is 9. The van der Waals surface area contributed by atoms with E-state index in [4.69, 9.17) is 4.42 Å². The van der Waals surface area contributed by atoms with Gasteiger partial charge in [0.05, 0.1) is 11.4 Å². The van der Waals surface area contributed by atoms with Crippen LogP contribution in [0, 0.1) is 0 Å². The highest BCUT2D eigenvalue weighted by Gasteiger charge is 2.22. The molecule has 12 rings (SSSR count). The summed E-state index contributed by atoms with van der Waals surface area (Å²) in [4.78, 5) is 2.45. The van der Waals surface area contributed by atoms with Gasteiger partial charge >= 0.3 is 0 Å². The van der Waals surface area contributed by atoms with Crippen LogP contribution in [0.25, 0.3) is 98.1 Å².